The standard InChI is InChI=1S/C21H23N3.ClH/c1-15-9-11-17(12-10-15)20-22-19-8-4-3-7-18(19)21(23-20)24-13-5-6-16(2)14-24;/h3-4,7-12,16H,5-6,13-14H2,1-2H3;1H/p-1. The molecule has 25 heavy (non-hydrogen) atoms. The van der Waals surface area contributed by atoms with Gasteiger partial charge in [0.1, 0.15) is 5.82 Å². The van der Waals surface area contributed by atoms with E-state index in [1.807, 2.05) is 0 Å². The highest BCUT2D eigenvalue weighted by Gasteiger charge is 2.20. The molecule has 1 unspecified atom stereocenters. The Morgan fingerprint density at radius 1 is 1.00 bits per heavy atom. The lowest BCUT2D eigenvalue weighted by molar-refractivity contribution is -0.00000508. The van der Waals surface area contributed by atoms with Crippen molar-refractivity contribution in [3.05, 3.63) is 54.1 Å². The molecule has 130 valence electrons. The number of para-hydroxylation sites is 1. The van der Waals surface area contributed by atoms with E-state index in [0.29, 0.717) is 0 Å². The molecule has 0 bridgehead atoms. The summed E-state index contributed by atoms with van der Waals surface area (Å²) in [5.41, 5.74) is 3.36. The molecule has 1 aromatic heterocycles. The lowest BCUT2D eigenvalue weighted by atomic mass is 10.00. The number of nitrogens with zero attached hydrogens (tertiary/aromatic N) is 3. The molecule has 0 spiro atoms. The second-order valence-corrected chi connectivity index (χ2v) is 6.95. The van der Waals surface area contributed by atoms with Crippen molar-refractivity contribution in [3.8, 4) is 11.4 Å². The number of rotatable bonds is 2. The summed E-state index contributed by atoms with van der Waals surface area (Å²) in [6, 6.07) is 16.8. The summed E-state index contributed by atoms with van der Waals surface area (Å²) in [6.07, 6.45) is 2.55. The summed E-state index contributed by atoms with van der Waals surface area (Å²) >= 11 is 0. The number of benzene rings is 2. The Morgan fingerprint density at radius 2 is 1.76 bits per heavy atom. The smallest absolute Gasteiger partial charge is 0.162 e. The van der Waals surface area contributed by atoms with Gasteiger partial charge in [0.2, 0.25) is 0 Å². The van der Waals surface area contributed by atoms with Crippen molar-refractivity contribution in [2.24, 2.45) is 5.92 Å². The fraction of sp³-hybridized carbons (Fsp3) is 0.333. The van der Waals surface area contributed by atoms with Gasteiger partial charge >= 0.3 is 0 Å². The van der Waals surface area contributed by atoms with Crippen molar-refractivity contribution in [1.29, 1.82) is 0 Å². The van der Waals surface area contributed by atoms with Crippen LogP contribution in [-0.4, -0.2) is 23.1 Å². The Bertz CT molecular complexity index is 861. The second-order valence-electron chi connectivity index (χ2n) is 6.95. The van der Waals surface area contributed by atoms with Gasteiger partial charge in [-0.2, -0.15) is 0 Å². The van der Waals surface area contributed by atoms with E-state index in [4.69, 9.17) is 9.97 Å². The maximum Gasteiger partial charge on any atom is 0.162 e. The van der Waals surface area contributed by atoms with Crippen molar-refractivity contribution >= 4 is 16.7 Å². The predicted molar refractivity (Wildman–Crippen MR) is 100 cm³/mol. The Labute approximate surface area is 155 Å². The summed E-state index contributed by atoms with van der Waals surface area (Å²) in [5, 5.41) is 1.16. The van der Waals surface area contributed by atoms with Crippen molar-refractivity contribution in [2.75, 3.05) is 18.0 Å². The Kier molecular flexibility index (Phi) is 5.24. The molecular weight excluding hydrogens is 330 g/mol. The minimum Gasteiger partial charge on any atom is -1.00 e. The average Bonchev–Trinajstić information content (AvgIpc) is 2.61. The fourth-order valence-electron chi connectivity index (χ4n) is 3.51. The van der Waals surface area contributed by atoms with Crippen LogP contribution in [0, 0.1) is 12.8 Å². The van der Waals surface area contributed by atoms with Crippen LogP contribution < -0.4 is 17.3 Å². The molecule has 0 aliphatic carbocycles. The van der Waals surface area contributed by atoms with Crippen LogP contribution in [0.4, 0.5) is 5.82 Å². The molecule has 1 saturated heterocycles. The van der Waals surface area contributed by atoms with Crippen LogP contribution in [0.1, 0.15) is 25.3 Å². The fourth-order valence-corrected chi connectivity index (χ4v) is 3.51. The first kappa shape index (κ1) is 17.7. The molecule has 3 nitrogen and oxygen atoms in total. The molecule has 1 fully saturated rings. The lowest BCUT2D eigenvalue weighted by Crippen LogP contribution is -3.00. The number of aromatic nitrogens is 2. The van der Waals surface area contributed by atoms with E-state index in [-0.39, 0.29) is 12.4 Å². The van der Waals surface area contributed by atoms with Crippen molar-refractivity contribution < 1.29 is 12.4 Å². The van der Waals surface area contributed by atoms with Crippen LogP contribution in [0.25, 0.3) is 22.3 Å². The van der Waals surface area contributed by atoms with Crippen LogP contribution in [0.5, 0.6) is 0 Å². The lowest BCUT2D eigenvalue weighted by Gasteiger charge is -2.32. The van der Waals surface area contributed by atoms with E-state index in [9.17, 15) is 0 Å². The molecule has 4 rings (SSSR count). The largest absolute Gasteiger partial charge is 1.00 e. The number of halogens is 1. The van der Waals surface area contributed by atoms with Gasteiger partial charge in [-0.05, 0) is 37.8 Å². The van der Waals surface area contributed by atoms with E-state index in [1.54, 1.807) is 0 Å². The van der Waals surface area contributed by atoms with E-state index in [1.165, 1.54) is 18.4 Å². The zero-order valence-electron chi connectivity index (χ0n) is 14.7. The zero-order chi connectivity index (χ0) is 16.5. The van der Waals surface area contributed by atoms with Crippen LogP contribution in [0.15, 0.2) is 48.5 Å². The minimum absolute atomic E-state index is 0. The predicted octanol–water partition coefficient (Wildman–Crippen LogP) is 1.85. The Morgan fingerprint density at radius 3 is 2.52 bits per heavy atom. The molecule has 0 amide bonds. The zero-order valence-corrected chi connectivity index (χ0v) is 15.5. The Balaban J connectivity index is 0.00000182. The number of hydrogen-bond acceptors (Lipinski definition) is 3. The molecule has 1 atom stereocenters. The molecule has 0 N–H and O–H groups in total. The minimum atomic E-state index is 0. The van der Waals surface area contributed by atoms with Gasteiger partial charge in [-0.1, -0.05) is 48.9 Å². The van der Waals surface area contributed by atoms with E-state index < -0.39 is 0 Å². The molecule has 1 aliphatic rings. The molecule has 1 aliphatic heterocycles. The van der Waals surface area contributed by atoms with Crippen LogP contribution >= 0.6 is 0 Å². The normalized spacial score (nSPS) is 17.4. The highest BCUT2D eigenvalue weighted by molar-refractivity contribution is 5.91. The first-order valence-electron chi connectivity index (χ1n) is 8.79. The maximum absolute atomic E-state index is 4.97. The molecule has 2 heterocycles. The molecule has 3 aromatic rings. The average molecular weight is 353 g/mol. The third-order valence-corrected chi connectivity index (χ3v) is 4.85. The SMILES string of the molecule is Cc1ccc(-c2nc(N3CCCC(C)C3)c3ccccc3n2)cc1.[Cl-]. The van der Waals surface area contributed by atoms with Gasteiger partial charge in [-0.25, -0.2) is 9.97 Å². The highest BCUT2D eigenvalue weighted by Crippen LogP contribution is 2.30. The number of anilines is 1. The molecule has 0 saturated carbocycles. The highest BCUT2D eigenvalue weighted by atomic mass is 35.5. The van der Waals surface area contributed by atoms with Crippen LogP contribution in [-0.2, 0) is 0 Å². The third-order valence-electron chi connectivity index (χ3n) is 4.85. The number of hydrogen-bond donors (Lipinski definition) is 0. The number of fused-ring (bicyclic) bond motifs is 1. The first-order chi connectivity index (χ1) is 11.7. The quantitative estimate of drug-likeness (QED) is 0.704. The Hall–Kier alpha value is -2.13. The third kappa shape index (κ3) is 3.62. The summed E-state index contributed by atoms with van der Waals surface area (Å²) in [7, 11) is 0. The maximum atomic E-state index is 4.97. The van der Waals surface area contributed by atoms with Gasteiger partial charge in [0.05, 0.1) is 5.52 Å². The first-order valence-corrected chi connectivity index (χ1v) is 8.79. The van der Waals surface area contributed by atoms with Crippen LogP contribution in [0.2, 0.25) is 0 Å². The van der Waals surface area contributed by atoms with Gasteiger partial charge < -0.3 is 17.3 Å². The topological polar surface area (TPSA) is 29.0 Å². The summed E-state index contributed by atoms with van der Waals surface area (Å²) < 4.78 is 0. The second kappa shape index (κ2) is 7.40. The summed E-state index contributed by atoms with van der Waals surface area (Å²) in [4.78, 5) is 12.2. The van der Waals surface area contributed by atoms with Crippen molar-refractivity contribution in [1.82, 2.24) is 9.97 Å². The van der Waals surface area contributed by atoms with Crippen LogP contribution in [0.3, 0.4) is 0 Å². The van der Waals surface area contributed by atoms with E-state index in [0.717, 1.165) is 47.1 Å². The van der Waals surface area contributed by atoms with E-state index in [2.05, 4.69) is 67.3 Å². The van der Waals surface area contributed by atoms with E-state index >= 15 is 0 Å². The van der Waals surface area contributed by atoms with Gasteiger partial charge in [0.25, 0.3) is 0 Å². The van der Waals surface area contributed by atoms with Gasteiger partial charge in [-0.15, -0.1) is 0 Å². The molecule has 0 radical (unpaired) electrons. The van der Waals surface area contributed by atoms with Gasteiger partial charge in [0, 0.05) is 24.0 Å². The summed E-state index contributed by atoms with van der Waals surface area (Å²) in [6.45, 7) is 6.59. The van der Waals surface area contributed by atoms with Crippen molar-refractivity contribution in [2.45, 2.75) is 26.7 Å². The molecule has 2 aromatic carbocycles. The van der Waals surface area contributed by atoms with Gasteiger partial charge in [-0.3, -0.25) is 0 Å². The summed E-state index contributed by atoms with van der Waals surface area (Å²) in [5.74, 6) is 2.62. The molecule has 4 heteroatoms. The monoisotopic (exact) mass is 352 g/mol. The number of aryl methyl sites for hydroxylation is 1. The van der Waals surface area contributed by atoms with Gasteiger partial charge in [0.15, 0.2) is 5.82 Å². The number of piperidine rings is 1. The van der Waals surface area contributed by atoms with Crippen molar-refractivity contribution in [3.63, 3.8) is 0 Å². The molecular formula is C21H23ClN3-.